The second-order valence-electron chi connectivity index (χ2n) is 9.12. The quantitative estimate of drug-likeness (QED) is 0.424. The molecule has 5 rings (SSSR count). The van der Waals surface area contributed by atoms with Crippen molar-refractivity contribution in [3.05, 3.63) is 54.1 Å². The Morgan fingerprint density at radius 1 is 1.00 bits per heavy atom. The minimum Gasteiger partial charge on any atom is -0.424 e. The number of rotatable bonds is 6. The zero-order valence-corrected chi connectivity index (χ0v) is 19.1. The molecule has 0 amide bonds. The summed E-state index contributed by atoms with van der Waals surface area (Å²) in [7, 11) is 0. The Morgan fingerprint density at radius 3 is 2.38 bits per heavy atom. The number of alkyl halides is 6. The van der Waals surface area contributed by atoms with E-state index >= 15 is 0 Å². The number of halogens is 7. The van der Waals surface area contributed by atoms with Gasteiger partial charge in [-0.25, -0.2) is 9.07 Å². The highest BCUT2D eigenvalue weighted by Gasteiger charge is 2.43. The zero-order valence-electron chi connectivity index (χ0n) is 19.1. The highest BCUT2D eigenvalue weighted by molar-refractivity contribution is 5.49. The molecule has 2 aromatic heterocycles. The van der Waals surface area contributed by atoms with Crippen molar-refractivity contribution in [2.24, 2.45) is 11.8 Å². The normalized spacial score (nSPS) is 21.8. The van der Waals surface area contributed by atoms with Crippen LogP contribution in [0.4, 0.5) is 42.4 Å². The van der Waals surface area contributed by atoms with Gasteiger partial charge in [0.05, 0.1) is 0 Å². The number of hydrogen-bond donors (Lipinski definition) is 1. The Balaban J connectivity index is 1.33. The molecule has 0 radical (unpaired) electrons. The number of pyridine rings is 1. The Morgan fingerprint density at radius 2 is 1.73 bits per heavy atom. The molecule has 1 aliphatic heterocycles. The van der Waals surface area contributed by atoms with Crippen molar-refractivity contribution in [2.75, 3.05) is 23.3 Å². The number of aromatic nitrogens is 4. The summed E-state index contributed by atoms with van der Waals surface area (Å²) in [5, 5.41) is 7.04. The number of fused-ring (bicyclic) bond motifs is 2. The molecule has 198 valence electrons. The Bertz CT molecular complexity index is 1250. The van der Waals surface area contributed by atoms with Gasteiger partial charge >= 0.3 is 18.4 Å². The summed E-state index contributed by atoms with van der Waals surface area (Å²) in [4.78, 5) is 9.35. The molecule has 1 saturated carbocycles. The minimum absolute atomic E-state index is 0.00315. The lowest BCUT2D eigenvalue weighted by molar-refractivity contribution is -0.143. The summed E-state index contributed by atoms with van der Waals surface area (Å²) in [5.74, 6) is -0.731. The molecule has 7 nitrogen and oxygen atoms in total. The highest BCUT2D eigenvalue weighted by Crippen LogP contribution is 2.41. The number of anilines is 2. The molecule has 1 aromatic carbocycles. The zero-order chi connectivity index (χ0) is 26.4. The van der Waals surface area contributed by atoms with Gasteiger partial charge < -0.3 is 15.0 Å². The first-order valence-corrected chi connectivity index (χ1v) is 11.4. The Labute approximate surface area is 206 Å². The summed E-state index contributed by atoms with van der Waals surface area (Å²) in [6.07, 6.45) is -6.46. The molecule has 2 fully saturated rings. The van der Waals surface area contributed by atoms with E-state index in [0.29, 0.717) is 23.5 Å². The van der Waals surface area contributed by atoms with E-state index in [1.54, 1.807) is 0 Å². The van der Waals surface area contributed by atoms with Crippen LogP contribution >= 0.6 is 0 Å². The third-order valence-electron chi connectivity index (χ3n) is 6.50. The van der Waals surface area contributed by atoms with Crippen LogP contribution in [-0.4, -0.2) is 45.1 Å². The summed E-state index contributed by atoms with van der Waals surface area (Å²) < 4.78 is 98.1. The molecule has 3 atom stereocenters. The fraction of sp³-hybridized carbons (Fsp3) is 0.435. The largest absolute Gasteiger partial charge is 0.433 e. The first-order valence-electron chi connectivity index (χ1n) is 11.4. The highest BCUT2D eigenvalue weighted by atomic mass is 19.4. The van der Waals surface area contributed by atoms with Crippen molar-refractivity contribution >= 4 is 11.6 Å². The van der Waals surface area contributed by atoms with Crippen LogP contribution in [0.5, 0.6) is 11.8 Å². The molecule has 0 spiro atoms. The van der Waals surface area contributed by atoms with Gasteiger partial charge in [-0.2, -0.15) is 31.3 Å². The van der Waals surface area contributed by atoms with E-state index in [9.17, 15) is 30.7 Å². The Hall–Kier alpha value is -3.58. The lowest BCUT2D eigenvalue weighted by Gasteiger charge is -2.39. The predicted octanol–water partition coefficient (Wildman–Crippen LogP) is 5.51. The third-order valence-corrected chi connectivity index (χ3v) is 6.50. The lowest BCUT2D eigenvalue weighted by Crippen LogP contribution is -2.48. The van der Waals surface area contributed by atoms with E-state index in [0.717, 1.165) is 37.2 Å². The summed E-state index contributed by atoms with van der Waals surface area (Å²) in [5.41, 5.74) is -0.557. The maximum absolute atomic E-state index is 13.5. The van der Waals surface area contributed by atoms with Crippen LogP contribution in [0.15, 0.2) is 42.6 Å². The minimum atomic E-state index is -4.60. The van der Waals surface area contributed by atoms with Gasteiger partial charge in [-0.1, -0.05) is 6.07 Å². The van der Waals surface area contributed by atoms with Crippen LogP contribution in [0.1, 0.15) is 18.5 Å². The maximum Gasteiger partial charge on any atom is 0.433 e. The van der Waals surface area contributed by atoms with Crippen molar-refractivity contribution in [3.8, 4) is 11.8 Å². The van der Waals surface area contributed by atoms with E-state index in [1.165, 1.54) is 18.2 Å². The molecular formula is C23H21F7N6O. The summed E-state index contributed by atoms with van der Waals surface area (Å²) >= 11 is 0. The summed E-state index contributed by atoms with van der Waals surface area (Å²) in [6, 6.07) is 6.80. The molecule has 3 heterocycles. The number of piperidine rings is 1. The average molecular weight is 530 g/mol. The van der Waals surface area contributed by atoms with Crippen molar-refractivity contribution in [1.82, 2.24) is 19.7 Å². The van der Waals surface area contributed by atoms with Crippen molar-refractivity contribution < 1.29 is 35.5 Å². The molecular weight excluding hydrogens is 509 g/mol. The monoisotopic (exact) mass is 530 g/mol. The van der Waals surface area contributed by atoms with E-state index < -0.39 is 36.4 Å². The second-order valence-corrected chi connectivity index (χ2v) is 9.12. The molecule has 3 aromatic rings. The molecule has 2 aliphatic rings. The fourth-order valence-electron chi connectivity index (χ4n) is 4.96. The van der Waals surface area contributed by atoms with Gasteiger partial charge in [-0.3, -0.25) is 4.98 Å². The fourth-order valence-corrected chi connectivity index (χ4v) is 4.96. The van der Waals surface area contributed by atoms with Gasteiger partial charge in [0.1, 0.15) is 23.8 Å². The lowest BCUT2D eigenvalue weighted by atomic mass is 9.92. The van der Waals surface area contributed by atoms with Gasteiger partial charge in [0, 0.05) is 37.1 Å². The number of ether oxygens (including phenoxy) is 1. The van der Waals surface area contributed by atoms with Gasteiger partial charge in [0.25, 0.3) is 0 Å². The van der Waals surface area contributed by atoms with Crippen LogP contribution in [0.3, 0.4) is 0 Å². The van der Waals surface area contributed by atoms with Crippen LogP contribution < -0.4 is 15.0 Å². The predicted molar refractivity (Wildman–Crippen MR) is 118 cm³/mol. The van der Waals surface area contributed by atoms with Crippen LogP contribution in [0.25, 0.3) is 0 Å². The first-order chi connectivity index (χ1) is 17.4. The molecule has 14 heteroatoms. The van der Waals surface area contributed by atoms with Crippen LogP contribution in [0.2, 0.25) is 0 Å². The second kappa shape index (κ2) is 9.38. The molecule has 37 heavy (non-hydrogen) atoms. The average Bonchev–Trinajstić information content (AvgIpc) is 3.26. The number of hydrogen-bond acceptors (Lipinski definition) is 6. The maximum atomic E-state index is 13.5. The van der Waals surface area contributed by atoms with E-state index in [4.69, 9.17) is 4.74 Å². The molecule has 1 aliphatic carbocycles. The SMILES string of the molecule is Fc1cccc(Oc2nc(N[C@H]3[C@@H]4CC[C@H]3CN(c3ccnc(C(F)(F)F)c3)C4)nn2CC(F)(F)F)c1. The molecule has 0 unspecified atom stereocenters. The summed E-state index contributed by atoms with van der Waals surface area (Å²) in [6.45, 7) is -0.558. The van der Waals surface area contributed by atoms with Crippen molar-refractivity contribution in [1.29, 1.82) is 0 Å². The van der Waals surface area contributed by atoms with Gasteiger partial charge in [-0.05, 0) is 48.9 Å². The first kappa shape index (κ1) is 25.1. The van der Waals surface area contributed by atoms with Gasteiger partial charge in [0.2, 0.25) is 5.95 Å². The van der Waals surface area contributed by atoms with Crippen LogP contribution in [0, 0.1) is 17.7 Å². The number of nitrogens with zero attached hydrogens (tertiary/aromatic N) is 5. The third kappa shape index (κ3) is 5.72. The van der Waals surface area contributed by atoms with E-state index in [2.05, 4.69) is 20.4 Å². The van der Waals surface area contributed by atoms with Crippen LogP contribution in [-0.2, 0) is 12.7 Å². The van der Waals surface area contributed by atoms with E-state index in [1.807, 2.05) is 4.90 Å². The van der Waals surface area contributed by atoms with Crippen molar-refractivity contribution in [3.63, 3.8) is 0 Å². The Kier molecular flexibility index (Phi) is 6.36. The van der Waals surface area contributed by atoms with Crippen molar-refractivity contribution in [2.45, 2.75) is 37.8 Å². The molecule has 1 N–H and O–H groups in total. The topological polar surface area (TPSA) is 68.1 Å². The number of benzene rings is 1. The standard InChI is InChI=1S/C23H21F7N6O/c24-15-2-1-3-17(8-15)37-21-33-20(34-36(21)12-22(25,26)27)32-19-13-4-5-14(19)11-35(10-13)16-6-7-31-18(9-16)23(28,29)30/h1-3,6-9,13-14,19H,4-5,10-12H2,(H,32,34)/t13-,14+,19+. The smallest absolute Gasteiger partial charge is 0.424 e. The van der Waals surface area contributed by atoms with Gasteiger partial charge in [0.15, 0.2) is 0 Å². The van der Waals surface area contributed by atoms with Gasteiger partial charge in [-0.15, -0.1) is 5.10 Å². The molecule has 2 bridgehead atoms. The number of nitrogens with one attached hydrogen (secondary N) is 1. The van der Waals surface area contributed by atoms with E-state index in [-0.39, 0.29) is 29.6 Å². The molecule has 1 saturated heterocycles.